The molecule has 0 bridgehead atoms. The maximum Gasteiger partial charge on any atom is 0.212 e. The van der Waals surface area contributed by atoms with Gasteiger partial charge in [-0.05, 0) is 56.0 Å². The van der Waals surface area contributed by atoms with Gasteiger partial charge in [0, 0.05) is 28.9 Å². The first-order chi connectivity index (χ1) is 14.7. The number of nitrogens with one attached hydrogen (secondary N) is 1. The summed E-state index contributed by atoms with van der Waals surface area (Å²) in [6, 6.07) is 13.6. The first kappa shape index (κ1) is 17.1. The van der Waals surface area contributed by atoms with Crippen molar-refractivity contribution in [3.63, 3.8) is 0 Å². The van der Waals surface area contributed by atoms with Crippen LogP contribution in [0.1, 0.15) is 30.1 Å². The highest BCUT2D eigenvalue weighted by molar-refractivity contribution is 5.89. The number of aromatic nitrogens is 4. The highest BCUT2D eigenvalue weighted by Crippen LogP contribution is 2.39. The van der Waals surface area contributed by atoms with Crippen molar-refractivity contribution >= 4 is 22.1 Å². The fourth-order valence-electron chi connectivity index (χ4n) is 3.90. The molecule has 146 valence electrons. The van der Waals surface area contributed by atoms with Crippen molar-refractivity contribution < 1.29 is 4.42 Å². The van der Waals surface area contributed by atoms with Crippen LogP contribution in [0.25, 0.3) is 44.8 Å². The maximum absolute atomic E-state index is 13.1. The number of benzene rings is 1. The minimum atomic E-state index is -0.0374. The Balaban J connectivity index is 1.65. The van der Waals surface area contributed by atoms with Crippen LogP contribution in [-0.2, 0) is 0 Å². The Kier molecular flexibility index (Phi) is 3.62. The molecule has 6 nitrogen and oxygen atoms in total. The van der Waals surface area contributed by atoms with E-state index in [0.29, 0.717) is 34.2 Å². The van der Waals surface area contributed by atoms with Crippen molar-refractivity contribution in [2.45, 2.75) is 25.7 Å². The number of aryl methyl sites for hydroxylation is 1. The van der Waals surface area contributed by atoms with Gasteiger partial charge in [0.2, 0.25) is 5.43 Å². The van der Waals surface area contributed by atoms with Gasteiger partial charge in [-0.3, -0.25) is 9.78 Å². The number of furan rings is 1. The van der Waals surface area contributed by atoms with E-state index < -0.39 is 0 Å². The van der Waals surface area contributed by atoms with Gasteiger partial charge in [-0.25, -0.2) is 9.97 Å². The Bertz CT molecular complexity index is 1490. The van der Waals surface area contributed by atoms with Gasteiger partial charge in [0.25, 0.3) is 0 Å². The molecule has 0 aliphatic heterocycles. The van der Waals surface area contributed by atoms with Crippen LogP contribution in [0.2, 0.25) is 0 Å². The number of rotatable bonds is 3. The predicted molar refractivity (Wildman–Crippen MR) is 115 cm³/mol. The van der Waals surface area contributed by atoms with Crippen molar-refractivity contribution in [3.05, 3.63) is 76.4 Å². The molecule has 0 radical (unpaired) electrons. The molecule has 6 rings (SSSR count). The second-order valence-electron chi connectivity index (χ2n) is 7.79. The van der Waals surface area contributed by atoms with Gasteiger partial charge in [0.1, 0.15) is 17.1 Å². The summed E-state index contributed by atoms with van der Waals surface area (Å²) in [5, 5.41) is 0.999. The highest BCUT2D eigenvalue weighted by atomic mass is 16.3. The minimum Gasteiger partial charge on any atom is -0.460 e. The van der Waals surface area contributed by atoms with Crippen LogP contribution in [0.5, 0.6) is 0 Å². The fraction of sp³-hybridized carbons (Fsp3) is 0.167. The molecule has 0 saturated heterocycles. The van der Waals surface area contributed by atoms with E-state index >= 15 is 0 Å². The van der Waals surface area contributed by atoms with Crippen LogP contribution in [0, 0.1) is 6.92 Å². The zero-order valence-corrected chi connectivity index (χ0v) is 16.3. The van der Waals surface area contributed by atoms with E-state index in [0.717, 1.165) is 40.6 Å². The molecule has 0 atom stereocenters. The van der Waals surface area contributed by atoms with E-state index in [4.69, 9.17) is 14.4 Å². The molecule has 30 heavy (non-hydrogen) atoms. The molecule has 1 aliphatic carbocycles. The van der Waals surface area contributed by atoms with Gasteiger partial charge in [0.15, 0.2) is 16.9 Å². The molecule has 1 aliphatic rings. The Hall–Kier alpha value is -3.80. The first-order valence-corrected chi connectivity index (χ1v) is 10.0. The monoisotopic (exact) mass is 394 g/mol. The van der Waals surface area contributed by atoms with Crippen LogP contribution >= 0.6 is 0 Å². The number of pyridine rings is 2. The molecular weight excluding hydrogens is 376 g/mol. The third kappa shape index (κ3) is 2.72. The third-order valence-corrected chi connectivity index (χ3v) is 5.60. The van der Waals surface area contributed by atoms with E-state index in [-0.39, 0.29) is 5.43 Å². The molecule has 6 heteroatoms. The van der Waals surface area contributed by atoms with Crippen LogP contribution < -0.4 is 5.43 Å². The Morgan fingerprint density at radius 3 is 2.77 bits per heavy atom. The molecule has 1 fully saturated rings. The number of fused-ring (bicyclic) bond motifs is 2. The Morgan fingerprint density at radius 1 is 1.07 bits per heavy atom. The van der Waals surface area contributed by atoms with E-state index in [1.807, 2.05) is 49.4 Å². The molecule has 1 aromatic carbocycles. The van der Waals surface area contributed by atoms with Crippen molar-refractivity contribution in [1.29, 1.82) is 0 Å². The number of hydrogen-bond donors (Lipinski definition) is 1. The number of nitrogens with zero attached hydrogens (tertiary/aromatic N) is 3. The summed E-state index contributed by atoms with van der Waals surface area (Å²) in [5.41, 5.74) is 4.60. The molecule has 4 heterocycles. The van der Waals surface area contributed by atoms with Crippen molar-refractivity contribution in [2.24, 2.45) is 0 Å². The zero-order chi connectivity index (χ0) is 20.2. The topological polar surface area (TPSA) is 84.7 Å². The summed E-state index contributed by atoms with van der Waals surface area (Å²) in [6.07, 6.45) is 5.66. The molecule has 5 aromatic rings. The van der Waals surface area contributed by atoms with Crippen molar-refractivity contribution in [3.8, 4) is 22.7 Å². The number of hydrogen-bond acceptors (Lipinski definition) is 5. The van der Waals surface area contributed by atoms with Crippen LogP contribution in [0.3, 0.4) is 0 Å². The smallest absolute Gasteiger partial charge is 0.212 e. The molecule has 0 spiro atoms. The average molecular weight is 394 g/mol. The second-order valence-corrected chi connectivity index (χ2v) is 7.79. The molecule has 1 N–H and O–H groups in total. The maximum atomic E-state index is 13.1. The van der Waals surface area contributed by atoms with Crippen LogP contribution in [0.15, 0.2) is 64.1 Å². The van der Waals surface area contributed by atoms with Crippen molar-refractivity contribution in [2.75, 3.05) is 0 Å². The number of aromatic amines is 1. The van der Waals surface area contributed by atoms with E-state index in [1.165, 1.54) is 0 Å². The lowest BCUT2D eigenvalue weighted by atomic mass is 10.0. The summed E-state index contributed by atoms with van der Waals surface area (Å²) in [6.45, 7) is 1.89. The molecule has 0 amide bonds. The molecule has 1 saturated carbocycles. The summed E-state index contributed by atoms with van der Waals surface area (Å²) in [4.78, 5) is 30.3. The molecule has 4 aromatic heterocycles. The van der Waals surface area contributed by atoms with Gasteiger partial charge in [-0.15, -0.1) is 0 Å². The predicted octanol–water partition coefficient (Wildman–Crippen LogP) is 4.98. The lowest BCUT2D eigenvalue weighted by Crippen LogP contribution is -2.12. The minimum absolute atomic E-state index is 0.0374. The van der Waals surface area contributed by atoms with Gasteiger partial charge in [-0.1, -0.05) is 12.1 Å². The van der Waals surface area contributed by atoms with E-state index in [1.54, 1.807) is 12.4 Å². The zero-order valence-electron chi connectivity index (χ0n) is 16.3. The number of H-pyrrole nitrogens is 1. The van der Waals surface area contributed by atoms with Crippen LogP contribution in [0.4, 0.5) is 0 Å². The Morgan fingerprint density at radius 2 is 1.97 bits per heavy atom. The van der Waals surface area contributed by atoms with Crippen LogP contribution in [-0.4, -0.2) is 19.9 Å². The SMILES string of the molecule is Cc1ccc(-c2nc3[nH]cc(C4CC4)c(=O)c3nc2-c2ccc3ncccc3c2)o1. The van der Waals surface area contributed by atoms with E-state index in [2.05, 4.69) is 9.97 Å². The molecular formula is C24H18N4O2. The second kappa shape index (κ2) is 6.35. The van der Waals surface area contributed by atoms with Crippen molar-refractivity contribution in [1.82, 2.24) is 19.9 Å². The lowest BCUT2D eigenvalue weighted by molar-refractivity contribution is 0.546. The quantitative estimate of drug-likeness (QED) is 0.466. The van der Waals surface area contributed by atoms with Gasteiger partial charge in [0.05, 0.1) is 5.52 Å². The first-order valence-electron chi connectivity index (χ1n) is 10.0. The summed E-state index contributed by atoms with van der Waals surface area (Å²) < 4.78 is 5.86. The average Bonchev–Trinajstić information content (AvgIpc) is 3.52. The largest absolute Gasteiger partial charge is 0.460 e. The lowest BCUT2D eigenvalue weighted by Gasteiger charge is -2.10. The van der Waals surface area contributed by atoms with Gasteiger partial charge >= 0.3 is 0 Å². The summed E-state index contributed by atoms with van der Waals surface area (Å²) >= 11 is 0. The fourth-order valence-corrected chi connectivity index (χ4v) is 3.90. The van der Waals surface area contributed by atoms with Gasteiger partial charge in [-0.2, -0.15) is 0 Å². The third-order valence-electron chi connectivity index (χ3n) is 5.60. The Labute approximate surface area is 171 Å². The van der Waals surface area contributed by atoms with E-state index in [9.17, 15) is 4.79 Å². The standard InChI is InChI=1S/C24H18N4O2/c1-13-4-9-19(30-13)21-20(16-7-8-18-15(11-16)3-2-10-25-18)27-22-23(29)17(14-5-6-14)12-26-24(22)28-21/h2-4,7-12,14H,5-6H2,1H3,(H,26,28,29). The normalized spacial score (nSPS) is 13.9. The summed E-state index contributed by atoms with van der Waals surface area (Å²) in [7, 11) is 0. The van der Waals surface area contributed by atoms with Gasteiger partial charge < -0.3 is 9.40 Å². The molecule has 0 unspecified atom stereocenters. The highest BCUT2D eigenvalue weighted by Gasteiger charge is 2.28. The summed E-state index contributed by atoms with van der Waals surface area (Å²) in [5.74, 6) is 1.75.